The molecule has 0 bridgehead atoms. The number of nitrogens with zero attached hydrogens (tertiary/aromatic N) is 1. The van der Waals surface area contributed by atoms with E-state index < -0.39 is 12.0 Å². The standard InChI is InChI=1S/C37H36N2O5/c1-27-10-7-13-30(24-27)39(26-32-14-8-22-44-32)21-9-23-43-31-19-17-28(18-20-31)25-35(37(41)42)38-34-16-6-5-15-33(34)36(40)29-11-3-2-4-12-29/h2-8,10-20,22,24,35,38H,9,21,23,25-26H2,1H3,(H,41,42)/t35-/m0/s1. The Bertz CT molecular complexity index is 1650. The maximum atomic E-state index is 13.1. The summed E-state index contributed by atoms with van der Waals surface area (Å²) in [7, 11) is 0. The van der Waals surface area contributed by atoms with Gasteiger partial charge in [-0.25, -0.2) is 4.79 Å². The molecule has 1 aromatic heterocycles. The van der Waals surface area contributed by atoms with Crippen LogP contribution in [0.25, 0.3) is 0 Å². The fourth-order valence-electron chi connectivity index (χ4n) is 5.06. The second kappa shape index (κ2) is 14.7. The van der Waals surface area contributed by atoms with E-state index in [1.165, 1.54) is 5.56 Å². The second-order valence-electron chi connectivity index (χ2n) is 10.7. The van der Waals surface area contributed by atoms with Gasteiger partial charge in [0.15, 0.2) is 5.78 Å². The monoisotopic (exact) mass is 588 g/mol. The molecule has 2 N–H and O–H groups in total. The molecule has 1 heterocycles. The van der Waals surface area contributed by atoms with Crippen LogP contribution in [-0.2, 0) is 17.8 Å². The van der Waals surface area contributed by atoms with E-state index in [-0.39, 0.29) is 12.2 Å². The molecular weight excluding hydrogens is 552 g/mol. The number of ether oxygens (including phenoxy) is 1. The SMILES string of the molecule is Cc1cccc(N(CCCOc2ccc(C[C@H](Nc3ccccc3C(=O)c3ccccc3)C(=O)O)cc2)Cc2ccco2)c1. The molecule has 0 aliphatic carbocycles. The molecular formula is C37H36N2O5. The van der Waals surface area contributed by atoms with E-state index in [0.29, 0.717) is 30.0 Å². The van der Waals surface area contributed by atoms with Gasteiger partial charge in [0, 0.05) is 35.5 Å². The molecule has 0 unspecified atom stereocenters. The number of carbonyl (C=O) groups is 2. The van der Waals surface area contributed by atoms with Crippen molar-refractivity contribution in [2.45, 2.75) is 32.4 Å². The number of carbonyl (C=O) groups excluding carboxylic acids is 1. The lowest BCUT2D eigenvalue weighted by molar-refractivity contribution is -0.137. The first-order valence-electron chi connectivity index (χ1n) is 14.7. The number of carboxylic acid groups (broad SMARTS) is 1. The lowest BCUT2D eigenvalue weighted by Crippen LogP contribution is -2.32. The van der Waals surface area contributed by atoms with Crippen LogP contribution in [0.1, 0.15) is 39.2 Å². The van der Waals surface area contributed by atoms with Crippen molar-refractivity contribution < 1.29 is 23.8 Å². The van der Waals surface area contributed by atoms with Crippen molar-refractivity contribution in [1.82, 2.24) is 0 Å². The second-order valence-corrected chi connectivity index (χ2v) is 10.7. The predicted molar refractivity (Wildman–Crippen MR) is 173 cm³/mol. The Hall–Kier alpha value is -5.30. The molecule has 4 aromatic carbocycles. The molecule has 224 valence electrons. The molecule has 0 amide bonds. The van der Waals surface area contributed by atoms with Crippen molar-refractivity contribution in [3.63, 3.8) is 0 Å². The first kappa shape index (κ1) is 30.2. The molecule has 0 aliphatic heterocycles. The number of aliphatic carboxylic acids is 1. The highest BCUT2D eigenvalue weighted by Gasteiger charge is 2.21. The molecule has 5 rings (SSSR count). The number of para-hydroxylation sites is 1. The van der Waals surface area contributed by atoms with Crippen LogP contribution in [0.15, 0.2) is 126 Å². The lowest BCUT2D eigenvalue weighted by atomic mass is 10.00. The first-order valence-corrected chi connectivity index (χ1v) is 14.7. The Morgan fingerprint density at radius 1 is 0.886 bits per heavy atom. The minimum atomic E-state index is -1.000. The van der Waals surface area contributed by atoms with Gasteiger partial charge in [0.05, 0.1) is 19.4 Å². The van der Waals surface area contributed by atoms with Gasteiger partial charge < -0.3 is 24.5 Å². The average Bonchev–Trinajstić information content (AvgIpc) is 3.56. The van der Waals surface area contributed by atoms with Gasteiger partial charge in [-0.2, -0.15) is 0 Å². The number of aryl methyl sites for hydroxylation is 1. The number of rotatable bonds is 15. The molecule has 0 saturated carbocycles. The predicted octanol–water partition coefficient (Wildman–Crippen LogP) is 7.40. The van der Waals surface area contributed by atoms with Crippen LogP contribution in [-0.4, -0.2) is 36.1 Å². The number of furan rings is 1. The zero-order valence-corrected chi connectivity index (χ0v) is 24.7. The fourth-order valence-corrected chi connectivity index (χ4v) is 5.06. The molecule has 44 heavy (non-hydrogen) atoms. The molecule has 5 aromatic rings. The van der Waals surface area contributed by atoms with Crippen molar-refractivity contribution in [2.24, 2.45) is 0 Å². The van der Waals surface area contributed by atoms with Gasteiger partial charge >= 0.3 is 5.97 Å². The third-order valence-corrected chi connectivity index (χ3v) is 7.33. The molecule has 0 aliphatic rings. The molecule has 0 spiro atoms. The van der Waals surface area contributed by atoms with Gasteiger partial charge in [-0.1, -0.05) is 66.7 Å². The number of ketones is 1. The zero-order valence-electron chi connectivity index (χ0n) is 24.7. The molecule has 0 radical (unpaired) electrons. The van der Waals surface area contributed by atoms with Crippen LogP contribution in [0.2, 0.25) is 0 Å². The number of hydrogen-bond donors (Lipinski definition) is 2. The molecule has 1 atom stereocenters. The Balaban J connectivity index is 1.16. The largest absolute Gasteiger partial charge is 0.494 e. The van der Waals surface area contributed by atoms with Crippen molar-refractivity contribution in [1.29, 1.82) is 0 Å². The zero-order chi connectivity index (χ0) is 30.7. The molecule has 7 nitrogen and oxygen atoms in total. The third-order valence-electron chi connectivity index (χ3n) is 7.33. The normalized spacial score (nSPS) is 11.5. The highest BCUT2D eigenvalue weighted by Crippen LogP contribution is 2.23. The van der Waals surface area contributed by atoms with Crippen LogP contribution in [0.4, 0.5) is 11.4 Å². The molecule has 0 fully saturated rings. The van der Waals surface area contributed by atoms with E-state index in [2.05, 4.69) is 41.4 Å². The van der Waals surface area contributed by atoms with E-state index in [9.17, 15) is 14.7 Å². The summed E-state index contributed by atoms with van der Waals surface area (Å²) in [4.78, 5) is 27.6. The Labute approximate surface area is 257 Å². The lowest BCUT2D eigenvalue weighted by Gasteiger charge is -2.24. The van der Waals surface area contributed by atoms with Crippen molar-refractivity contribution in [2.75, 3.05) is 23.4 Å². The van der Waals surface area contributed by atoms with Gasteiger partial charge in [-0.05, 0) is 73.0 Å². The summed E-state index contributed by atoms with van der Waals surface area (Å²) in [6.45, 7) is 4.09. The van der Waals surface area contributed by atoms with Gasteiger partial charge in [0.2, 0.25) is 0 Å². The van der Waals surface area contributed by atoms with Gasteiger partial charge in [-0.3, -0.25) is 4.79 Å². The third kappa shape index (κ3) is 8.16. The average molecular weight is 589 g/mol. The summed E-state index contributed by atoms with van der Waals surface area (Å²) >= 11 is 0. The summed E-state index contributed by atoms with van der Waals surface area (Å²) in [6.07, 6.45) is 2.74. The van der Waals surface area contributed by atoms with Crippen molar-refractivity contribution in [3.8, 4) is 5.75 Å². The summed E-state index contributed by atoms with van der Waals surface area (Å²) in [5, 5.41) is 13.1. The number of anilines is 2. The Morgan fingerprint density at radius 2 is 1.66 bits per heavy atom. The summed E-state index contributed by atoms with van der Waals surface area (Å²) in [6, 6.07) is 34.8. The van der Waals surface area contributed by atoms with Crippen LogP contribution < -0.4 is 15.0 Å². The van der Waals surface area contributed by atoms with Crippen molar-refractivity contribution >= 4 is 23.1 Å². The number of benzene rings is 4. The Morgan fingerprint density at radius 3 is 2.39 bits per heavy atom. The topological polar surface area (TPSA) is 92.0 Å². The fraction of sp³-hybridized carbons (Fsp3) is 0.189. The summed E-state index contributed by atoms with van der Waals surface area (Å²) < 4.78 is 11.6. The van der Waals surface area contributed by atoms with E-state index in [1.807, 2.05) is 42.5 Å². The van der Waals surface area contributed by atoms with E-state index in [4.69, 9.17) is 9.15 Å². The molecule has 7 heteroatoms. The molecule has 0 saturated heterocycles. The number of nitrogens with one attached hydrogen (secondary N) is 1. The first-order chi connectivity index (χ1) is 21.5. The summed E-state index contributed by atoms with van der Waals surface area (Å²) in [5.74, 6) is 0.464. The van der Waals surface area contributed by atoms with Crippen LogP contribution in [0.3, 0.4) is 0 Å². The maximum Gasteiger partial charge on any atom is 0.326 e. The summed E-state index contributed by atoms with van der Waals surface area (Å²) in [5.41, 5.74) is 4.64. The van der Waals surface area contributed by atoms with E-state index >= 15 is 0 Å². The van der Waals surface area contributed by atoms with Crippen LogP contribution >= 0.6 is 0 Å². The number of hydrogen-bond acceptors (Lipinski definition) is 6. The van der Waals surface area contributed by atoms with E-state index in [1.54, 1.807) is 54.8 Å². The van der Waals surface area contributed by atoms with E-state index in [0.717, 1.165) is 35.7 Å². The van der Waals surface area contributed by atoms with Crippen molar-refractivity contribution in [3.05, 3.63) is 150 Å². The highest BCUT2D eigenvalue weighted by molar-refractivity contribution is 6.12. The number of carboxylic acids is 1. The highest BCUT2D eigenvalue weighted by atomic mass is 16.5. The van der Waals surface area contributed by atoms with Gasteiger partial charge in [0.1, 0.15) is 17.6 Å². The van der Waals surface area contributed by atoms with Crippen LogP contribution in [0, 0.1) is 6.92 Å². The quantitative estimate of drug-likeness (QED) is 0.0972. The minimum absolute atomic E-state index is 0.165. The minimum Gasteiger partial charge on any atom is -0.494 e. The maximum absolute atomic E-state index is 13.1. The van der Waals surface area contributed by atoms with Gasteiger partial charge in [-0.15, -0.1) is 0 Å². The van der Waals surface area contributed by atoms with Crippen LogP contribution in [0.5, 0.6) is 5.75 Å². The Kier molecular flexibility index (Phi) is 10.1. The van der Waals surface area contributed by atoms with Gasteiger partial charge in [0.25, 0.3) is 0 Å². The smallest absolute Gasteiger partial charge is 0.326 e.